The molecule has 0 aliphatic carbocycles. The predicted octanol–water partition coefficient (Wildman–Crippen LogP) is 5.73. The second-order valence-corrected chi connectivity index (χ2v) is 7.64. The van der Waals surface area contributed by atoms with E-state index in [2.05, 4.69) is 20.2 Å². The van der Waals surface area contributed by atoms with Crippen molar-refractivity contribution in [1.82, 2.24) is 20.2 Å². The SMILES string of the molecule is C[C@@H](Oc1ccc2[nH]nc(/C=C(\F)c3ccc(CN)nc3)c2c1)c1c(Cl)cncc1Cl. The summed E-state index contributed by atoms with van der Waals surface area (Å²) in [6, 6.07) is 8.71. The average Bonchev–Trinajstić information content (AvgIpc) is 3.15. The molecule has 0 bridgehead atoms. The van der Waals surface area contributed by atoms with E-state index >= 15 is 0 Å². The molecule has 0 saturated heterocycles. The first-order valence-electron chi connectivity index (χ1n) is 9.42. The molecule has 0 fully saturated rings. The van der Waals surface area contributed by atoms with Gasteiger partial charge in [-0.2, -0.15) is 5.10 Å². The molecule has 4 rings (SSSR count). The molecule has 3 heterocycles. The van der Waals surface area contributed by atoms with Crippen molar-refractivity contribution in [3.63, 3.8) is 0 Å². The summed E-state index contributed by atoms with van der Waals surface area (Å²) in [6.07, 6.45) is 5.41. The van der Waals surface area contributed by atoms with E-state index in [9.17, 15) is 4.39 Å². The number of aromatic nitrogens is 4. The Hall–Kier alpha value is -3.00. The highest BCUT2D eigenvalue weighted by Gasteiger charge is 2.17. The fourth-order valence-corrected chi connectivity index (χ4v) is 3.83. The van der Waals surface area contributed by atoms with Gasteiger partial charge in [-0.1, -0.05) is 23.2 Å². The Labute approximate surface area is 187 Å². The Morgan fingerprint density at radius 2 is 1.97 bits per heavy atom. The van der Waals surface area contributed by atoms with E-state index in [0.29, 0.717) is 50.2 Å². The Kier molecular flexibility index (Phi) is 6.18. The maximum atomic E-state index is 14.8. The standard InChI is InChI=1S/C22H18Cl2FN5O/c1-12(22-17(23)10-27-11-18(22)24)31-15-4-5-20-16(6-15)21(30-29-20)7-19(25)13-2-3-14(8-26)28-9-13/h2-7,9-12H,8,26H2,1H3,(H,29,30)/b19-7-/t12-/m1/s1. The van der Waals surface area contributed by atoms with Crippen molar-refractivity contribution < 1.29 is 9.13 Å². The molecule has 0 unspecified atom stereocenters. The highest BCUT2D eigenvalue weighted by atomic mass is 35.5. The fourth-order valence-electron chi connectivity index (χ4n) is 3.16. The molecule has 0 aliphatic heterocycles. The molecular weight excluding hydrogens is 440 g/mol. The van der Waals surface area contributed by atoms with Gasteiger partial charge < -0.3 is 10.5 Å². The number of nitrogens with zero attached hydrogens (tertiary/aromatic N) is 3. The van der Waals surface area contributed by atoms with Crippen molar-refractivity contribution in [3.05, 3.63) is 81.5 Å². The molecule has 31 heavy (non-hydrogen) atoms. The summed E-state index contributed by atoms with van der Waals surface area (Å²) in [4.78, 5) is 8.08. The van der Waals surface area contributed by atoms with Crippen LogP contribution in [0.25, 0.3) is 22.8 Å². The van der Waals surface area contributed by atoms with E-state index in [-0.39, 0.29) is 0 Å². The Bertz CT molecular complexity index is 1240. The Morgan fingerprint density at radius 1 is 1.19 bits per heavy atom. The minimum Gasteiger partial charge on any atom is -0.486 e. The Morgan fingerprint density at radius 3 is 2.65 bits per heavy atom. The van der Waals surface area contributed by atoms with Gasteiger partial charge in [-0.15, -0.1) is 0 Å². The van der Waals surface area contributed by atoms with Crippen LogP contribution in [0.5, 0.6) is 5.75 Å². The number of nitrogens with two attached hydrogens (primary N) is 1. The zero-order valence-corrected chi connectivity index (χ0v) is 18.0. The zero-order valence-electron chi connectivity index (χ0n) is 16.4. The lowest BCUT2D eigenvalue weighted by Gasteiger charge is -2.17. The fraction of sp³-hybridized carbons (Fsp3) is 0.136. The molecule has 3 aromatic heterocycles. The van der Waals surface area contributed by atoms with Crippen LogP contribution >= 0.6 is 23.2 Å². The molecule has 3 N–H and O–H groups in total. The first-order chi connectivity index (χ1) is 15.0. The molecule has 4 aromatic rings. The van der Waals surface area contributed by atoms with Gasteiger partial charge in [0.05, 0.1) is 26.9 Å². The van der Waals surface area contributed by atoms with Crippen molar-refractivity contribution in [2.75, 3.05) is 0 Å². The molecule has 0 amide bonds. The summed E-state index contributed by atoms with van der Waals surface area (Å²) in [5.41, 5.74) is 8.39. The van der Waals surface area contributed by atoms with Crippen LogP contribution in [0, 0.1) is 0 Å². The number of rotatable bonds is 6. The summed E-state index contributed by atoms with van der Waals surface area (Å²) in [5, 5.41) is 8.66. The van der Waals surface area contributed by atoms with Crippen LogP contribution in [0.4, 0.5) is 4.39 Å². The molecule has 1 aromatic carbocycles. The molecule has 0 radical (unpaired) electrons. The summed E-state index contributed by atoms with van der Waals surface area (Å²) in [5.74, 6) is 0.105. The number of hydrogen-bond acceptors (Lipinski definition) is 5. The van der Waals surface area contributed by atoms with Crippen molar-refractivity contribution >= 4 is 46.0 Å². The van der Waals surface area contributed by atoms with Crippen LogP contribution in [-0.2, 0) is 6.54 Å². The van der Waals surface area contributed by atoms with E-state index in [4.69, 9.17) is 33.7 Å². The van der Waals surface area contributed by atoms with Gasteiger partial charge in [0.1, 0.15) is 17.7 Å². The molecule has 0 spiro atoms. The Balaban J connectivity index is 1.63. The number of benzene rings is 1. The van der Waals surface area contributed by atoms with Gasteiger partial charge in [0, 0.05) is 47.7 Å². The third-order valence-electron chi connectivity index (χ3n) is 4.75. The maximum Gasteiger partial charge on any atom is 0.134 e. The van der Waals surface area contributed by atoms with Gasteiger partial charge in [-0.3, -0.25) is 15.1 Å². The lowest BCUT2D eigenvalue weighted by atomic mass is 10.1. The smallest absolute Gasteiger partial charge is 0.134 e. The first kappa shape index (κ1) is 21.2. The number of hydrogen-bond donors (Lipinski definition) is 2. The number of ether oxygens (including phenoxy) is 1. The highest BCUT2D eigenvalue weighted by molar-refractivity contribution is 6.35. The predicted molar refractivity (Wildman–Crippen MR) is 121 cm³/mol. The molecular formula is C22H18Cl2FN5O. The summed E-state index contributed by atoms with van der Waals surface area (Å²) >= 11 is 12.4. The number of nitrogens with one attached hydrogen (secondary N) is 1. The molecule has 158 valence electrons. The molecule has 0 aliphatic rings. The maximum absolute atomic E-state index is 14.8. The number of fused-ring (bicyclic) bond motifs is 1. The summed E-state index contributed by atoms with van der Waals surface area (Å²) in [6.45, 7) is 2.14. The van der Waals surface area contributed by atoms with Crippen molar-refractivity contribution in [1.29, 1.82) is 0 Å². The van der Waals surface area contributed by atoms with Crippen LogP contribution in [0.1, 0.15) is 35.5 Å². The first-order valence-corrected chi connectivity index (χ1v) is 10.2. The minimum atomic E-state index is -0.459. The van der Waals surface area contributed by atoms with E-state index in [1.165, 1.54) is 24.7 Å². The summed E-state index contributed by atoms with van der Waals surface area (Å²) in [7, 11) is 0. The quantitative estimate of drug-likeness (QED) is 0.386. The van der Waals surface area contributed by atoms with Crippen LogP contribution in [0.3, 0.4) is 0 Å². The van der Waals surface area contributed by atoms with Crippen molar-refractivity contribution in [3.8, 4) is 5.75 Å². The van der Waals surface area contributed by atoms with Crippen LogP contribution in [0.2, 0.25) is 10.0 Å². The highest BCUT2D eigenvalue weighted by Crippen LogP contribution is 2.33. The second kappa shape index (κ2) is 9.01. The van der Waals surface area contributed by atoms with Gasteiger partial charge in [-0.05, 0) is 37.3 Å². The van der Waals surface area contributed by atoms with Crippen LogP contribution < -0.4 is 10.5 Å². The molecule has 6 nitrogen and oxygen atoms in total. The van der Waals surface area contributed by atoms with E-state index in [1.54, 1.807) is 24.3 Å². The third kappa shape index (κ3) is 4.54. The second-order valence-electron chi connectivity index (χ2n) is 6.83. The zero-order chi connectivity index (χ0) is 22.0. The van der Waals surface area contributed by atoms with E-state index in [1.807, 2.05) is 13.0 Å². The van der Waals surface area contributed by atoms with Gasteiger partial charge in [0.25, 0.3) is 0 Å². The lowest BCUT2D eigenvalue weighted by molar-refractivity contribution is 0.227. The molecule has 1 atom stereocenters. The van der Waals surface area contributed by atoms with Gasteiger partial charge in [0.15, 0.2) is 0 Å². The normalized spacial score (nSPS) is 12.9. The lowest BCUT2D eigenvalue weighted by Crippen LogP contribution is -2.05. The average molecular weight is 458 g/mol. The van der Waals surface area contributed by atoms with Crippen LogP contribution in [-0.4, -0.2) is 20.2 Å². The summed E-state index contributed by atoms with van der Waals surface area (Å²) < 4.78 is 20.8. The number of pyridine rings is 2. The number of aromatic amines is 1. The largest absolute Gasteiger partial charge is 0.486 e. The van der Waals surface area contributed by atoms with Gasteiger partial charge >= 0.3 is 0 Å². The minimum absolute atomic E-state index is 0.298. The topological polar surface area (TPSA) is 89.7 Å². The van der Waals surface area contributed by atoms with Gasteiger partial charge in [-0.25, -0.2) is 4.39 Å². The number of halogens is 3. The van der Waals surface area contributed by atoms with E-state index in [0.717, 1.165) is 5.52 Å². The van der Waals surface area contributed by atoms with Crippen molar-refractivity contribution in [2.45, 2.75) is 19.6 Å². The van der Waals surface area contributed by atoms with Gasteiger partial charge in [0.2, 0.25) is 0 Å². The van der Waals surface area contributed by atoms with Crippen molar-refractivity contribution in [2.24, 2.45) is 5.73 Å². The number of H-pyrrole nitrogens is 1. The molecule has 9 heteroatoms. The third-order valence-corrected chi connectivity index (χ3v) is 5.35. The van der Waals surface area contributed by atoms with E-state index < -0.39 is 11.9 Å². The van der Waals surface area contributed by atoms with Crippen LogP contribution in [0.15, 0.2) is 48.9 Å². The molecule has 0 saturated carbocycles. The monoisotopic (exact) mass is 457 g/mol.